The highest BCUT2D eigenvalue weighted by Gasteiger charge is 2.22. The molecule has 0 radical (unpaired) electrons. The summed E-state index contributed by atoms with van der Waals surface area (Å²) in [6.07, 6.45) is 0. The normalized spacial score (nSPS) is 11.0. The van der Waals surface area contributed by atoms with E-state index in [0.717, 1.165) is 24.3 Å². The molecule has 0 fully saturated rings. The van der Waals surface area contributed by atoms with Crippen molar-refractivity contribution in [1.82, 2.24) is 0 Å². The maximum atomic E-state index is 12.2. The molecule has 0 unspecified atom stereocenters. The van der Waals surface area contributed by atoms with Gasteiger partial charge in [-0.1, -0.05) is 0 Å². The molecule has 8 nitrogen and oxygen atoms in total. The third kappa shape index (κ3) is 2.13. The van der Waals surface area contributed by atoms with E-state index < -0.39 is 39.9 Å². The van der Waals surface area contributed by atoms with Crippen LogP contribution < -0.4 is 5.43 Å². The second-order valence-electron chi connectivity index (χ2n) is 4.81. The number of benzene rings is 2. The Hall–Kier alpha value is -3.55. The van der Waals surface area contributed by atoms with Crippen molar-refractivity contribution >= 4 is 11.0 Å². The predicted molar refractivity (Wildman–Crippen MR) is 77.9 cm³/mol. The van der Waals surface area contributed by atoms with Crippen LogP contribution in [-0.4, -0.2) is 30.6 Å². The highest BCUT2D eigenvalue weighted by molar-refractivity contribution is 5.88. The average molecular weight is 318 g/mol. The van der Waals surface area contributed by atoms with Gasteiger partial charge in [0, 0.05) is 18.2 Å². The molecule has 0 atom stereocenters. The van der Waals surface area contributed by atoms with Crippen LogP contribution in [0.5, 0.6) is 34.5 Å². The molecule has 118 valence electrons. The fraction of sp³-hybridized carbons (Fsp3) is 0. The summed E-state index contributed by atoms with van der Waals surface area (Å²) in [5.74, 6) is -4.18. The topological polar surface area (TPSA) is 152 Å². The van der Waals surface area contributed by atoms with Crippen molar-refractivity contribution in [3.8, 4) is 45.8 Å². The first-order valence-electron chi connectivity index (χ1n) is 6.26. The lowest BCUT2D eigenvalue weighted by Crippen LogP contribution is -2.03. The Balaban J connectivity index is 2.42. The Bertz CT molecular complexity index is 1000. The summed E-state index contributed by atoms with van der Waals surface area (Å²) in [5, 5.41) is 57.4. The molecule has 3 aromatic rings. The van der Waals surface area contributed by atoms with Gasteiger partial charge >= 0.3 is 0 Å². The van der Waals surface area contributed by atoms with E-state index >= 15 is 0 Å². The van der Waals surface area contributed by atoms with Crippen molar-refractivity contribution < 1.29 is 35.1 Å². The number of fused-ring (bicyclic) bond motifs is 1. The molecule has 6 N–H and O–H groups in total. The molecular formula is C15H10O8. The molecule has 2 aromatic carbocycles. The van der Waals surface area contributed by atoms with Crippen LogP contribution in [0.2, 0.25) is 0 Å². The molecule has 1 aromatic heterocycles. The molecular weight excluding hydrogens is 308 g/mol. The van der Waals surface area contributed by atoms with Crippen LogP contribution >= 0.6 is 0 Å². The number of phenolic OH excluding ortho intramolecular Hbond substituents is 5. The van der Waals surface area contributed by atoms with E-state index in [9.17, 15) is 35.4 Å². The Morgan fingerprint density at radius 1 is 0.739 bits per heavy atom. The van der Waals surface area contributed by atoms with Gasteiger partial charge in [-0.3, -0.25) is 4.79 Å². The first kappa shape index (κ1) is 14.4. The van der Waals surface area contributed by atoms with Crippen LogP contribution in [0, 0.1) is 0 Å². The van der Waals surface area contributed by atoms with E-state index in [-0.39, 0.29) is 22.3 Å². The van der Waals surface area contributed by atoms with Gasteiger partial charge in [0.05, 0.1) is 5.56 Å². The van der Waals surface area contributed by atoms with Gasteiger partial charge in [-0.05, 0) is 6.07 Å². The molecule has 0 bridgehead atoms. The van der Waals surface area contributed by atoms with E-state index in [1.807, 2.05) is 0 Å². The summed E-state index contributed by atoms with van der Waals surface area (Å²) in [4.78, 5) is 12.2. The predicted octanol–water partition coefficient (Wildman–Crippen LogP) is 1.69. The van der Waals surface area contributed by atoms with Gasteiger partial charge in [0.2, 0.25) is 11.2 Å². The highest BCUT2D eigenvalue weighted by Crippen LogP contribution is 2.42. The SMILES string of the molecule is O=c1c(O)c(-c2cc(O)c(O)cc2O)oc2cc(O)cc(O)c12. The fourth-order valence-electron chi connectivity index (χ4n) is 2.21. The van der Waals surface area contributed by atoms with Crippen LogP contribution in [0.1, 0.15) is 0 Å². The van der Waals surface area contributed by atoms with Crippen molar-refractivity contribution in [2.75, 3.05) is 0 Å². The summed E-state index contributed by atoms with van der Waals surface area (Å²) in [5.41, 5.74) is -1.50. The Kier molecular flexibility index (Phi) is 2.96. The van der Waals surface area contributed by atoms with Crippen molar-refractivity contribution in [2.24, 2.45) is 0 Å². The Morgan fingerprint density at radius 3 is 2.09 bits per heavy atom. The third-order valence-electron chi connectivity index (χ3n) is 3.27. The first-order valence-corrected chi connectivity index (χ1v) is 6.26. The largest absolute Gasteiger partial charge is 0.508 e. The number of hydrogen-bond donors (Lipinski definition) is 6. The monoisotopic (exact) mass is 318 g/mol. The Morgan fingerprint density at radius 2 is 1.39 bits per heavy atom. The minimum atomic E-state index is -0.995. The lowest BCUT2D eigenvalue weighted by Gasteiger charge is -2.10. The molecule has 0 spiro atoms. The minimum absolute atomic E-state index is 0.243. The van der Waals surface area contributed by atoms with Crippen LogP contribution in [0.15, 0.2) is 33.5 Å². The molecule has 0 amide bonds. The van der Waals surface area contributed by atoms with Crippen LogP contribution in [0.3, 0.4) is 0 Å². The first-order chi connectivity index (χ1) is 10.8. The Labute approximate surface area is 127 Å². The summed E-state index contributed by atoms with van der Waals surface area (Å²) in [7, 11) is 0. The fourth-order valence-corrected chi connectivity index (χ4v) is 2.21. The number of rotatable bonds is 1. The molecule has 0 aliphatic carbocycles. The smallest absolute Gasteiger partial charge is 0.238 e. The molecule has 3 rings (SSSR count). The zero-order valence-electron chi connectivity index (χ0n) is 11.3. The van der Waals surface area contributed by atoms with Gasteiger partial charge in [0.25, 0.3) is 0 Å². The number of hydrogen-bond acceptors (Lipinski definition) is 8. The zero-order chi connectivity index (χ0) is 16.9. The van der Waals surface area contributed by atoms with E-state index in [2.05, 4.69) is 0 Å². The third-order valence-corrected chi connectivity index (χ3v) is 3.27. The second kappa shape index (κ2) is 4.73. The van der Waals surface area contributed by atoms with E-state index in [0.29, 0.717) is 0 Å². The van der Waals surface area contributed by atoms with Crippen molar-refractivity contribution in [3.05, 3.63) is 34.5 Å². The quantitative estimate of drug-likeness (QED) is 0.293. The van der Waals surface area contributed by atoms with Crippen LogP contribution in [0.25, 0.3) is 22.3 Å². The highest BCUT2D eigenvalue weighted by atomic mass is 16.4. The summed E-state index contributed by atoms with van der Waals surface area (Å²) < 4.78 is 5.27. The van der Waals surface area contributed by atoms with Gasteiger partial charge in [-0.25, -0.2) is 0 Å². The van der Waals surface area contributed by atoms with Gasteiger partial charge in [0.1, 0.15) is 28.2 Å². The lowest BCUT2D eigenvalue weighted by molar-refractivity contribution is 0.395. The summed E-state index contributed by atoms with van der Waals surface area (Å²) in [6.45, 7) is 0. The number of aromatic hydroxyl groups is 6. The van der Waals surface area contributed by atoms with Crippen LogP contribution in [-0.2, 0) is 0 Å². The average Bonchev–Trinajstić information content (AvgIpc) is 2.46. The van der Waals surface area contributed by atoms with E-state index in [4.69, 9.17) is 4.42 Å². The van der Waals surface area contributed by atoms with Crippen molar-refractivity contribution in [3.63, 3.8) is 0 Å². The summed E-state index contributed by atoms with van der Waals surface area (Å²) in [6, 6.07) is 3.63. The maximum Gasteiger partial charge on any atom is 0.238 e. The lowest BCUT2D eigenvalue weighted by atomic mass is 10.1. The zero-order valence-corrected chi connectivity index (χ0v) is 11.3. The molecule has 0 saturated carbocycles. The van der Waals surface area contributed by atoms with Crippen LogP contribution in [0.4, 0.5) is 0 Å². The van der Waals surface area contributed by atoms with Gasteiger partial charge in [0.15, 0.2) is 17.3 Å². The molecule has 0 aliphatic rings. The molecule has 0 saturated heterocycles. The summed E-state index contributed by atoms with van der Waals surface area (Å²) >= 11 is 0. The van der Waals surface area contributed by atoms with Gasteiger partial charge < -0.3 is 35.1 Å². The molecule has 0 aliphatic heterocycles. The molecule has 1 heterocycles. The van der Waals surface area contributed by atoms with Crippen molar-refractivity contribution in [2.45, 2.75) is 0 Å². The van der Waals surface area contributed by atoms with Gasteiger partial charge in [-0.2, -0.15) is 0 Å². The number of phenols is 5. The van der Waals surface area contributed by atoms with Gasteiger partial charge in [-0.15, -0.1) is 0 Å². The maximum absolute atomic E-state index is 12.2. The van der Waals surface area contributed by atoms with E-state index in [1.54, 1.807) is 0 Å². The molecule has 8 heteroatoms. The van der Waals surface area contributed by atoms with E-state index in [1.165, 1.54) is 0 Å². The standard InChI is InChI=1S/C15H10O8/c16-5-1-10(20)12-11(2-5)23-15(14(22)13(12)21)6-3-8(18)9(19)4-7(6)17/h1-4,16-20,22H. The van der Waals surface area contributed by atoms with Crippen molar-refractivity contribution in [1.29, 1.82) is 0 Å². The minimum Gasteiger partial charge on any atom is -0.508 e. The molecule has 23 heavy (non-hydrogen) atoms. The second-order valence-corrected chi connectivity index (χ2v) is 4.81.